The molecule has 0 unspecified atom stereocenters. The van der Waals surface area contributed by atoms with Crippen LogP contribution in [0.3, 0.4) is 0 Å². The maximum Gasteiger partial charge on any atom is 0.573 e. The van der Waals surface area contributed by atoms with Crippen molar-refractivity contribution >= 4 is 46.4 Å². The molecule has 0 radical (unpaired) electrons. The predicted octanol–water partition coefficient (Wildman–Crippen LogP) is 11.9. The Morgan fingerprint density at radius 1 is 0.397 bits per heavy atom. The maximum absolute atomic E-state index is 13.5. The maximum atomic E-state index is 13.5. The second-order valence-corrected chi connectivity index (χ2v) is 21.9. The molecule has 3 aromatic heterocycles. The lowest BCUT2D eigenvalue weighted by Gasteiger charge is -2.37. The molecule has 8 bridgehead atoms. The monoisotopic (exact) mass is 1090 g/mol. The van der Waals surface area contributed by atoms with Crippen molar-refractivity contribution in [2.24, 2.45) is 0 Å². The zero-order valence-corrected chi connectivity index (χ0v) is 43.1. The summed E-state index contributed by atoms with van der Waals surface area (Å²) >= 11 is 0. The van der Waals surface area contributed by atoms with Crippen LogP contribution in [0.5, 0.6) is 11.5 Å². The molecule has 2 aromatic carbocycles. The first-order chi connectivity index (χ1) is 36.7. The molecule has 0 saturated carbocycles. The van der Waals surface area contributed by atoms with E-state index in [0.29, 0.717) is 78.2 Å². The van der Waals surface area contributed by atoms with Crippen LogP contribution >= 0.6 is 0 Å². The minimum Gasteiger partial charge on any atom is -0.406 e. The number of benzene rings is 2. The lowest BCUT2D eigenvalue weighted by Crippen LogP contribution is -2.51. The third-order valence-electron chi connectivity index (χ3n) is 14.5. The first kappa shape index (κ1) is 51.3. The number of aromatic amines is 2. The Labute approximate surface area is 441 Å². The van der Waals surface area contributed by atoms with E-state index in [1.165, 1.54) is 48.5 Å². The van der Waals surface area contributed by atoms with Gasteiger partial charge in [-0.1, -0.05) is 24.3 Å². The Morgan fingerprint density at radius 3 is 1.09 bits per heavy atom. The fraction of sp³-hybridized carbons (Fsp3) is 0.429. The van der Waals surface area contributed by atoms with Gasteiger partial charge in [0, 0.05) is 44.3 Å². The predicted molar refractivity (Wildman–Crippen MR) is 266 cm³/mol. The average Bonchev–Trinajstić information content (AvgIpc) is 4.32. The number of hydrogen-bond acceptors (Lipinski definition) is 14. The Morgan fingerprint density at radius 2 is 0.718 bits per heavy atom. The number of nitrogens with one attached hydrogen (secondary N) is 2. The number of aromatic nitrogens is 4. The number of halogens is 6. The van der Waals surface area contributed by atoms with Gasteiger partial charge in [0.1, 0.15) is 60.3 Å². The van der Waals surface area contributed by atoms with Crippen molar-refractivity contribution in [1.82, 2.24) is 19.9 Å². The fourth-order valence-corrected chi connectivity index (χ4v) is 11.8. The summed E-state index contributed by atoms with van der Waals surface area (Å²) in [6.07, 6.45) is -10.7. The third kappa shape index (κ3) is 9.37. The van der Waals surface area contributed by atoms with E-state index in [9.17, 15) is 26.3 Å². The van der Waals surface area contributed by atoms with Gasteiger partial charge in [0.15, 0.2) is 35.7 Å². The summed E-state index contributed by atoms with van der Waals surface area (Å²) < 4.78 is 155. The minimum atomic E-state index is -4.93. The standard InChI is InChI=1S/C56H52F6N4O12/c1-51(2)71-43-41(67-49-47(45(43)73-51)75-53(5,6)77-49)39-33-21-17-29(63-33)37(25-9-13-27(14-10-25)69-55(57,58)59)31-19-23-35(65-31)40(42-44-46(74-52(3,4)72-44)48-50(68-42)78-54(7,8)76-48)36-24-20-32(66-36)38(30-18-22-34(39)64-30)26-11-15-28(16-12-26)70-56(60,61)62/h9-24,41-50,63,66H,1-8H3/t41-,42-,43+,44+,45+,46+,47-,48-,49-,50-/m1/s1. The van der Waals surface area contributed by atoms with Gasteiger partial charge in [-0.2, -0.15) is 0 Å². The smallest absolute Gasteiger partial charge is 0.406 e. The van der Waals surface area contributed by atoms with Crippen molar-refractivity contribution in [3.05, 3.63) is 107 Å². The van der Waals surface area contributed by atoms with Gasteiger partial charge in [0.2, 0.25) is 0 Å². The highest BCUT2D eigenvalue weighted by atomic mass is 19.4. The Hall–Kier alpha value is -6.18. The number of fused-ring (bicyclic) bond motifs is 14. The van der Waals surface area contributed by atoms with E-state index in [1.807, 2.05) is 24.3 Å². The van der Waals surface area contributed by atoms with Crippen LogP contribution in [-0.4, -0.2) is 105 Å². The van der Waals surface area contributed by atoms with Crippen LogP contribution in [0.2, 0.25) is 0 Å². The average molecular weight is 1090 g/mol. The first-order valence-corrected chi connectivity index (χ1v) is 25.3. The highest BCUT2D eigenvalue weighted by Gasteiger charge is 2.63. The van der Waals surface area contributed by atoms with Gasteiger partial charge < -0.3 is 66.8 Å². The molecule has 6 saturated heterocycles. The topological polar surface area (TPSA) is 168 Å². The molecule has 78 heavy (non-hydrogen) atoms. The van der Waals surface area contributed by atoms with Crippen molar-refractivity contribution in [2.75, 3.05) is 0 Å². The summed E-state index contributed by atoms with van der Waals surface area (Å²) in [7, 11) is 0. The van der Waals surface area contributed by atoms with E-state index in [0.717, 1.165) is 0 Å². The molecular weight excluding hydrogens is 1030 g/mol. The van der Waals surface area contributed by atoms with Crippen LogP contribution < -0.4 is 9.47 Å². The van der Waals surface area contributed by atoms with Gasteiger partial charge >= 0.3 is 12.7 Å². The van der Waals surface area contributed by atoms with Crippen LogP contribution in [-0.2, 0) is 47.4 Å². The lowest BCUT2D eigenvalue weighted by atomic mass is 9.93. The third-order valence-corrected chi connectivity index (χ3v) is 14.5. The Balaban J connectivity index is 1.10. The second kappa shape index (κ2) is 17.7. The van der Waals surface area contributed by atoms with Gasteiger partial charge in [-0.3, -0.25) is 0 Å². The van der Waals surface area contributed by atoms with Crippen LogP contribution in [0.25, 0.3) is 68.6 Å². The van der Waals surface area contributed by atoms with Gasteiger partial charge in [-0.25, -0.2) is 9.97 Å². The molecule has 8 aliphatic heterocycles. The van der Waals surface area contributed by atoms with E-state index < -0.39 is 109 Å². The highest BCUT2D eigenvalue weighted by molar-refractivity contribution is 5.94. The summed E-state index contributed by atoms with van der Waals surface area (Å²) in [5.41, 5.74) is 6.57. The van der Waals surface area contributed by atoms with Crippen molar-refractivity contribution in [2.45, 2.75) is 153 Å². The molecular formula is C56H52F6N4O12. The first-order valence-electron chi connectivity index (χ1n) is 25.3. The quantitative estimate of drug-likeness (QED) is 0.151. The number of ether oxygens (including phenoxy) is 12. The molecule has 16 nitrogen and oxygen atoms in total. The van der Waals surface area contributed by atoms with Crippen LogP contribution in [0, 0.1) is 0 Å². The molecule has 2 N–H and O–H groups in total. The molecule has 5 aromatic rings. The molecule has 410 valence electrons. The Bertz CT molecular complexity index is 3230. The van der Waals surface area contributed by atoms with E-state index in [-0.39, 0.29) is 0 Å². The van der Waals surface area contributed by atoms with E-state index in [1.54, 1.807) is 79.7 Å². The summed E-state index contributed by atoms with van der Waals surface area (Å²) in [6.45, 7) is 14.3. The molecule has 11 heterocycles. The van der Waals surface area contributed by atoms with Crippen molar-refractivity contribution in [3.8, 4) is 33.8 Å². The molecule has 0 spiro atoms. The number of nitrogens with zero attached hydrogens (tertiary/aromatic N) is 2. The van der Waals surface area contributed by atoms with Crippen molar-refractivity contribution in [3.63, 3.8) is 0 Å². The van der Waals surface area contributed by atoms with Crippen LogP contribution in [0.15, 0.2) is 72.8 Å². The summed E-state index contributed by atoms with van der Waals surface area (Å²) in [6, 6.07) is 18.3. The molecule has 22 heteroatoms. The van der Waals surface area contributed by atoms with Gasteiger partial charge in [-0.05, 0) is 139 Å². The van der Waals surface area contributed by atoms with Gasteiger partial charge in [0.05, 0.1) is 22.8 Å². The van der Waals surface area contributed by atoms with Crippen LogP contribution in [0.4, 0.5) is 26.3 Å². The van der Waals surface area contributed by atoms with E-state index in [2.05, 4.69) is 19.4 Å². The SMILES string of the molecule is CC1(C)O[C@H]2[C@@H](O1)[C@@H](c1c3nc(c(-c4ccc(OC(F)(F)F)cc4)c4ccc([nH]4)c([C@H]4O[C@@H]5OC(C)(C)O[C@@H]5[C@H]5OC(C)(C)O[C@H]54)c4nc(c(-c5ccc(OC(F)(F)F)cc5)c5ccc1[nH]5)C=C4)C=C3)O[C@@H]1OC(C)(C)O[C@@H]12. The minimum absolute atomic E-state index is 0.406. The highest BCUT2D eigenvalue weighted by Crippen LogP contribution is 2.52. The molecule has 6 fully saturated rings. The largest absolute Gasteiger partial charge is 0.573 e. The molecule has 0 amide bonds. The van der Waals surface area contributed by atoms with Gasteiger partial charge in [0.25, 0.3) is 0 Å². The fourth-order valence-electron chi connectivity index (χ4n) is 11.8. The molecule has 8 aliphatic rings. The molecule has 0 aliphatic carbocycles. The summed E-state index contributed by atoms with van der Waals surface area (Å²) in [4.78, 5) is 17.8. The Kier molecular flexibility index (Phi) is 11.6. The van der Waals surface area contributed by atoms with Crippen molar-refractivity contribution < 1.29 is 83.2 Å². The summed E-state index contributed by atoms with van der Waals surface area (Å²) in [5.74, 6) is -5.13. The molecule has 10 atom stereocenters. The number of rotatable bonds is 6. The lowest BCUT2D eigenvalue weighted by molar-refractivity contribution is -0.275. The van der Waals surface area contributed by atoms with Crippen LogP contribution in [0.1, 0.15) is 102 Å². The van der Waals surface area contributed by atoms with E-state index >= 15 is 0 Å². The number of H-pyrrole nitrogens is 2. The number of hydrogen-bond donors (Lipinski definition) is 2. The normalized spacial score (nSPS) is 30.0. The van der Waals surface area contributed by atoms with Gasteiger partial charge in [-0.15, -0.1) is 26.3 Å². The zero-order valence-electron chi connectivity index (χ0n) is 43.1. The zero-order chi connectivity index (χ0) is 54.6. The number of alkyl halides is 6. The summed E-state index contributed by atoms with van der Waals surface area (Å²) in [5, 5.41) is 0. The van der Waals surface area contributed by atoms with Crippen molar-refractivity contribution in [1.29, 1.82) is 0 Å². The molecule has 13 rings (SSSR count). The van der Waals surface area contributed by atoms with E-state index in [4.69, 9.17) is 57.3 Å². The second-order valence-electron chi connectivity index (χ2n) is 21.9.